The number of hydrogen-bond acceptors (Lipinski definition) is 10. The zero-order chi connectivity index (χ0) is 54.5. The molecule has 0 saturated heterocycles. The number of fused-ring (bicyclic) bond motifs is 4. The summed E-state index contributed by atoms with van der Waals surface area (Å²) >= 11 is 0. The van der Waals surface area contributed by atoms with Crippen LogP contribution in [0.1, 0.15) is 83.3 Å². The van der Waals surface area contributed by atoms with Crippen molar-refractivity contribution in [3.63, 3.8) is 0 Å². The van der Waals surface area contributed by atoms with Crippen molar-refractivity contribution in [3.05, 3.63) is 177 Å². The normalized spacial score (nSPS) is 11.4. The summed E-state index contributed by atoms with van der Waals surface area (Å²) in [6.07, 6.45) is 0. The van der Waals surface area contributed by atoms with Gasteiger partial charge in [0.1, 0.15) is 11.5 Å². The molecule has 0 aromatic heterocycles. The molecule has 0 fully saturated rings. The van der Waals surface area contributed by atoms with Gasteiger partial charge in [-0.25, -0.2) is 0 Å². The van der Waals surface area contributed by atoms with Gasteiger partial charge in [-0.15, -0.1) is 0 Å². The van der Waals surface area contributed by atoms with Gasteiger partial charge in [0, 0.05) is 0 Å². The molecule has 0 aliphatic rings. The molecule has 388 valence electrons. The molecule has 0 bridgehead atoms. The van der Waals surface area contributed by atoms with Crippen LogP contribution in [-0.4, -0.2) is 57.0 Å². The molecule has 0 radical (unpaired) electrons. The third kappa shape index (κ3) is 16.2. The van der Waals surface area contributed by atoms with E-state index in [1.165, 1.54) is 14.2 Å². The molecule has 2 N–H and O–H groups in total. The van der Waals surface area contributed by atoms with Crippen molar-refractivity contribution in [1.29, 1.82) is 0 Å². The van der Waals surface area contributed by atoms with E-state index in [4.69, 9.17) is 9.11 Å². The number of hydrogen-bond donors (Lipinski definition) is 2. The van der Waals surface area contributed by atoms with Gasteiger partial charge in [-0.05, 0) is 191 Å². The van der Waals surface area contributed by atoms with Crippen molar-refractivity contribution in [2.75, 3.05) is 14.2 Å². The second-order valence-electron chi connectivity index (χ2n) is 16.7. The number of rotatable bonds is 8. The highest BCUT2D eigenvalue weighted by molar-refractivity contribution is 7.87. The van der Waals surface area contributed by atoms with E-state index in [0.717, 1.165) is 87.6 Å². The van der Waals surface area contributed by atoms with Crippen LogP contribution in [0.3, 0.4) is 0 Å². The molecule has 12 nitrogen and oxygen atoms in total. The molecule has 0 amide bonds. The van der Waals surface area contributed by atoms with E-state index in [0.29, 0.717) is 11.1 Å². The third-order valence-electron chi connectivity index (χ3n) is 11.6. The van der Waals surface area contributed by atoms with E-state index < -0.39 is 40.5 Å². The smallest absolute Gasteiger partial charge is 0.285 e. The lowest BCUT2D eigenvalue weighted by Crippen LogP contribution is -2.02. The van der Waals surface area contributed by atoms with E-state index in [1.807, 2.05) is 168 Å². The van der Waals surface area contributed by atoms with Crippen molar-refractivity contribution >= 4 is 83.6 Å². The van der Waals surface area contributed by atoms with Gasteiger partial charge >= 0.3 is 0 Å². The molecule has 0 heterocycles. The lowest BCUT2D eigenvalue weighted by atomic mass is 9.99. The highest BCUT2D eigenvalue weighted by atomic mass is 32.2. The molecule has 72 heavy (non-hydrogen) atoms. The minimum absolute atomic E-state index is 0.196. The molecule has 0 saturated carbocycles. The third-order valence-corrected chi connectivity index (χ3v) is 15.5. The first-order valence-electron chi connectivity index (χ1n) is 23.1. The maximum absolute atomic E-state index is 11.6. The Morgan fingerprint density at radius 2 is 0.528 bits per heavy atom. The van der Waals surface area contributed by atoms with Gasteiger partial charge in [0.05, 0.1) is 24.0 Å². The zero-order valence-electron chi connectivity index (χ0n) is 43.6. The topological polar surface area (TPSA) is 195 Å². The molecule has 8 aromatic rings. The van der Waals surface area contributed by atoms with E-state index in [2.05, 4.69) is 8.37 Å². The van der Waals surface area contributed by atoms with Crippen molar-refractivity contribution in [2.24, 2.45) is 0 Å². The Hall–Kier alpha value is -5.56. The molecule has 8 aromatic carbocycles. The summed E-state index contributed by atoms with van der Waals surface area (Å²) in [6.45, 7) is 23.9. The molecular weight excluding hydrogens is 993 g/mol. The molecule has 0 aliphatic heterocycles. The minimum Gasteiger partial charge on any atom is -0.285 e. The van der Waals surface area contributed by atoms with Crippen LogP contribution in [0.5, 0.6) is 0 Å². The van der Waals surface area contributed by atoms with Crippen LogP contribution in [0.25, 0.3) is 43.1 Å². The van der Waals surface area contributed by atoms with Gasteiger partial charge in [0.15, 0.2) is 0 Å². The SMILES string of the molecule is CC.CC.COS(=O)(=O)c1ccc2c(C)ccc(C)c2c1.COS(=O)(=O)c1ccc2c(C)ccc(C)c2c1.Cc1ccc(C)c2cc(CS(=O)(=O)O)ccc12.Cc1ccc(C)c2cc(CS(=O)(=O)O)ccc12. The first kappa shape index (κ1) is 60.7. The fourth-order valence-corrected chi connectivity index (χ4v) is 10.3. The minimum atomic E-state index is -3.97. The summed E-state index contributed by atoms with van der Waals surface area (Å²) in [5, 5.41) is 8.33. The summed E-state index contributed by atoms with van der Waals surface area (Å²) in [5.74, 6) is -0.674. The lowest BCUT2D eigenvalue weighted by Gasteiger charge is -2.08. The summed E-state index contributed by atoms with van der Waals surface area (Å²) in [7, 11) is -12.8. The summed E-state index contributed by atoms with van der Waals surface area (Å²) in [4.78, 5) is 0.391. The molecule has 0 unspecified atom stereocenters. The van der Waals surface area contributed by atoms with E-state index in [9.17, 15) is 33.7 Å². The Morgan fingerprint density at radius 3 is 0.750 bits per heavy atom. The van der Waals surface area contributed by atoms with E-state index >= 15 is 0 Å². The van der Waals surface area contributed by atoms with Crippen molar-refractivity contribution in [3.8, 4) is 0 Å². The summed E-state index contributed by atoms with van der Waals surface area (Å²) in [6, 6.07) is 37.2. The quantitative estimate of drug-likeness (QED) is 0.108. The lowest BCUT2D eigenvalue weighted by molar-refractivity contribution is 0.397. The van der Waals surface area contributed by atoms with Gasteiger partial charge in [-0.2, -0.15) is 33.7 Å². The second kappa shape index (κ2) is 25.9. The Bertz CT molecular complexity index is 3420. The monoisotopic (exact) mass is 1060 g/mol. The first-order valence-corrected chi connectivity index (χ1v) is 29.2. The predicted molar refractivity (Wildman–Crippen MR) is 295 cm³/mol. The van der Waals surface area contributed by atoms with Crippen LogP contribution < -0.4 is 0 Å². The highest BCUT2D eigenvalue weighted by Crippen LogP contribution is 2.29. The second-order valence-corrected chi connectivity index (χ2v) is 23.0. The standard InChI is InChI=1S/4C13H14O3S.2C2H6/c2*1-9-4-5-10(2)13-8-11(6-7-12(9)13)17(14,15)16-3;2*1-9-3-4-10(2)13-7-11(5-6-12(9)13)8-17(14,15)16;2*1-2/h2*4-8H,1-3H3;2*3-7H,8H2,1-2H3,(H,14,15,16);2*1-2H3. The fourth-order valence-electron chi connectivity index (χ4n) is 7.73. The fraction of sp³-hybridized carbons (Fsp3) is 0.286. The van der Waals surface area contributed by atoms with E-state index in [-0.39, 0.29) is 21.3 Å². The Kier molecular flexibility index (Phi) is 21.8. The van der Waals surface area contributed by atoms with E-state index in [1.54, 1.807) is 36.4 Å². The molecule has 0 aliphatic carbocycles. The molecule has 0 spiro atoms. The van der Waals surface area contributed by atoms with Crippen LogP contribution in [0, 0.1) is 55.4 Å². The largest absolute Gasteiger partial charge is 0.296 e. The Morgan fingerprint density at radius 1 is 0.319 bits per heavy atom. The Labute approximate surface area is 427 Å². The van der Waals surface area contributed by atoms with Crippen LogP contribution >= 0.6 is 0 Å². The summed E-state index contributed by atoms with van der Waals surface area (Å²) in [5.41, 5.74) is 10.1. The van der Waals surface area contributed by atoms with Gasteiger partial charge in [0.2, 0.25) is 0 Å². The Balaban J connectivity index is 0.000000247. The van der Waals surface area contributed by atoms with Crippen LogP contribution in [0.15, 0.2) is 131 Å². The van der Waals surface area contributed by atoms with Crippen LogP contribution in [0.2, 0.25) is 0 Å². The average molecular weight is 1060 g/mol. The summed E-state index contributed by atoms with van der Waals surface area (Å²) < 4.78 is 117. The van der Waals surface area contributed by atoms with Crippen LogP contribution in [0.4, 0.5) is 0 Å². The molecular formula is C56H68O12S4. The van der Waals surface area contributed by atoms with Crippen molar-refractivity contribution in [1.82, 2.24) is 0 Å². The van der Waals surface area contributed by atoms with Gasteiger partial charge in [-0.3, -0.25) is 17.5 Å². The molecule has 16 heteroatoms. The molecule has 0 atom stereocenters. The number of aryl methyl sites for hydroxylation is 8. The highest BCUT2D eigenvalue weighted by Gasteiger charge is 2.16. The maximum Gasteiger partial charge on any atom is 0.296 e. The van der Waals surface area contributed by atoms with Gasteiger partial charge in [-0.1, -0.05) is 113 Å². The van der Waals surface area contributed by atoms with Crippen molar-refractivity contribution in [2.45, 2.75) is 104 Å². The average Bonchev–Trinajstić information content (AvgIpc) is 3.34. The van der Waals surface area contributed by atoms with Crippen LogP contribution in [-0.2, 0) is 60.3 Å². The van der Waals surface area contributed by atoms with Gasteiger partial charge < -0.3 is 0 Å². The predicted octanol–water partition coefficient (Wildman–Crippen LogP) is 13.3. The molecule has 8 rings (SSSR count). The number of benzene rings is 8. The first-order chi connectivity index (χ1) is 33.6. The van der Waals surface area contributed by atoms with Crippen molar-refractivity contribution < 1.29 is 51.1 Å². The zero-order valence-corrected chi connectivity index (χ0v) is 46.8. The van der Waals surface area contributed by atoms with Gasteiger partial charge in [0.25, 0.3) is 40.5 Å². The maximum atomic E-state index is 11.6.